The minimum Gasteiger partial charge on any atom is -0.398 e. The summed E-state index contributed by atoms with van der Waals surface area (Å²) < 4.78 is 38.8. The van der Waals surface area contributed by atoms with Crippen LogP contribution in [-0.2, 0) is 10.0 Å². The Labute approximate surface area is 101 Å². The van der Waals surface area contributed by atoms with Gasteiger partial charge >= 0.3 is 0 Å². The van der Waals surface area contributed by atoms with Gasteiger partial charge in [-0.05, 0) is 32.9 Å². The molecule has 1 aromatic carbocycles. The van der Waals surface area contributed by atoms with E-state index in [0.29, 0.717) is 0 Å². The summed E-state index contributed by atoms with van der Waals surface area (Å²) >= 11 is 0. The van der Waals surface area contributed by atoms with Crippen LogP contribution < -0.4 is 5.73 Å². The van der Waals surface area contributed by atoms with Crippen LogP contribution in [0.25, 0.3) is 0 Å². The number of benzene rings is 1. The van der Waals surface area contributed by atoms with Gasteiger partial charge in [0.05, 0.1) is 4.90 Å². The molecule has 0 amide bonds. The number of rotatable bonds is 3. The van der Waals surface area contributed by atoms with Crippen LogP contribution in [0.15, 0.2) is 17.0 Å². The fourth-order valence-electron chi connectivity index (χ4n) is 1.27. The fraction of sp³-hybridized carbons (Fsp3) is 0.455. The van der Waals surface area contributed by atoms with E-state index >= 15 is 0 Å². The van der Waals surface area contributed by atoms with Crippen molar-refractivity contribution in [3.05, 3.63) is 23.5 Å². The number of anilines is 1. The Hall–Kier alpha value is -1.14. The largest absolute Gasteiger partial charge is 0.398 e. The SMILES string of the molecule is Cc1c(N)cc(S(=O)(=O)N(C)C(C)C)cc1F. The Morgan fingerprint density at radius 1 is 1.35 bits per heavy atom. The van der Waals surface area contributed by atoms with Crippen molar-refractivity contribution in [3.8, 4) is 0 Å². The summed E-state index contributed by atoms with van der Waals surface area (Å²) in [6, 6.07) is 2.08. The lowest BCUT2D eigenvalue weighted by molar-refractivity contribution is 0.410. The minimum atomic E-state index is -3.69. The molecule has 0 fully saturated rings. The van der Waals surface area contributed by atoms with Crippen molar-refractivity contribution in [2.24, 2.45) is 0 Å². The maximum atomic E-state index is 13.5. The molecule has 0 aliphatic rings. The first kappa shape index (κ1) is 13.9. The van der Waals surface area contributed by atoms with Gasteiger partial charge in [0, 0.05) is 24.3 Å². The Bertz CT molecular complexity index is 503. The van der Waals surface area contributed by atoms with Crippen LogP contribution in [0.5, 0.6) is 0 Å². The predicted octanol–water partition coefficient (Wildman–Crippen LogP) is 1.75. The van der Waals surface area contributed by atoms with E-state index in [1.807, 2.05) is 0 Å². The number of nitrogen functional groups attached to an aromatic ring is 1. The highest BCUT2D eigenvalue weighted by atomic mass is 32.2. The minimum absolute atomic E-state index is 0.116. The molecule has 0 saturated heterocycles. The first-order valence-electron chi connectivity index (χ1n) is 5.21. The summed E-state index contributed by atoms with van der Waals surface area (Å²) in [7, 11) is -2.23. The van der Waals surface area contributed by atoms with Gasteiger partial charge < -0.3 is 5.73 Å². The molecule has 0 aliphatic heterocycles. The smallest absolute Gasteiger partial charge is 0.243 e. The van der Waals surface area contributed by atoms with Crippen LogP contribution >= 0.6 is 0 Å². The van der Waals surface area contributed by atoms with E-state index in [1.54, 1.807) is 13.8 Å². The Balaban J connectivity index is 3.35. The molecule has 1 aromatic rings. The first-order valence-corrected chi connectivity index (χ1v) is 6.65. The van der Waals surface area contributed by atoms with Gasteiger partial charge in [-0.25, -0.2) is 12.8 Å². The highest BCUT2D eigenvalue weighted by Crippen LogP contribution is 2.23. The van der Waals surface area contributed by atoms with E-state index in [-0.39, 0.29) is 22.2 Å². The van der Waals surface area contributed by atoms with Crippen molar-refractivity contribution in [1.82, 2.24) is 4.31 Å². The van der Waals surface area contributed by atoms with E-state index in [9.17, 15) is 12.8 Å². The molecule has 0 saturated carbocycles. The molecule has 0 heterocycles. The van der Waals surface area contributed by atoms with Gasteiger partial charge in [-0.1, -0.05) is 0 Å². The fourth-order valence-corrected chi connectivity index (χ4v) is 2.68. The van der Waals surface area contributed by atoms with Crippen LogP contribution in [-0.4, -0.2) is 25.8 Å². The molecule has 6 heteroatoms. The monoisotopic (exact) mass is 260 g/mol. The van der Waals surface area contributed by atoms with Gasteiger partial charge in [0.25, 0.3) is 0 Å². The summed E-state index contributed by atoms with van der Waals surface area (Å²) in [6.45, 7) is 4.99. The molecule has 96 valence electrons. The summed E-state index contributed by atoms with van der Waals surface area (Å²) in [4.78, 5) is -0.116. The van der Waals surface area contributed by atoms with Gasteiger partial charge in [-0.3, -0.25) is 0 Å². The molecular formula is C11H17FN2O2S. The number of nitrogens with two attached hydrogens (primary N) is 1. The lowest BCUT2D eigenvalue weighted by atomic mass is 10.2. The summed E-state index contributed by atoms with van der Waals surface area (Å²) in [6.07, 6.45) is 0. The Morgan fingerprint density at radius 2 is 1.88 bits per heavy atom. The normalized spacial score (nSPS) is 12.4. The maximum Gasteiger partial charge on any atom is 0.243 e. The third kappa shape index (κ3) is 2.58. The van der Waals surface area contributed by atoms with Crippen molar-refractivity contribution < 1.29 is 12.8 Å². The zero-order valence-electron chi connectivity index (χ0n) is 10.4. The van der Waals surface area contributed by atoms with Gasteiger partial charge in [-0.15, -0.1) is 0 Å². The first-order chi connectivity index (χ1) is 7.67. The van der Waals surface area contributed by atoms with Crippen molar-refractivity contribution >= 4 is 15.7 Å². The zero-order valence-corrected chi connectivity index (χ0v) is 11.2. The van der Waals surface area contributed by atoms with E-state index in [4.69, 9.17) is 5.73 Å². The predicted molar refractivity (Wildman–Crippen MR) is 65.6 cm³/mol. The highest BCUT2D eigenvalue weighted by Gasteiger charge is 2.24. The van der Waals surface area contributed by atoms with Crippen molar-refractivity contribution in [2.45, 2.75) is 31.7 Å². The van der Waals surface area contributed by atoms with Gasteiger partial charge in [0.2, 0.25) is 10.0 Å². The van der Waals surface area contributed by atoms with Crippen molar-refractivity contribution in [3.63, 3.8) is 0 Å². The molecule has 0 bridgehead atoms. The Kier molecular flexibility index (Phi) is 3.78. The quantitative estimate of drug-likeness (QED) is 0.842. The molecule has 2 N–H and O–H groups in total. The van der Waals surface area contributed by atoms with Crippen molar-refractivity contribution in [2.75, 3.05) is 12.8 Å². The molecular weight excluding hydrogens is 243 g/mol. The number of halogens is 1. The number of hydrogen-bond donors (Lipinski definition) is 1. The van der Waals surface area contributed by atoms with E-state index in [2.05, 4.69) is 0 Å². The van der Waals surface area contributed by atoms with Gasteiger partial charge in [-0.2, -0.15) is 4.31 Å². The molecule has 0 atom stereocenters. The lowest BCUT2D eigenvalue weighted by Gasteiger charge is -2.21. The number of sulfonamides is 1. The van der Waals surface area contributed by atoms with Crippen LogP contribution in [0.2, 0.25) is 0 Å². The molecule has 0 aromatic heterocycles. The summed E-state index contributed by atoms with van der Waals surface area (Å²) in [5.74, 6) is -0.610. The van der Waals surface area contributed by atoms with Crippen LogP contribution in [0.3, 0.4) is 0 Å². The van der Waals surface area contributed by atoms with Gasteiger partial charge in [0.1, 0.15) is 5.82 Å². The van der Waals surface area contributed by atoms with Crippen molar-refractivity contribution in [1.29, 1.82) is 0 Å². The molecule has 0 radical (unpaired) electrons. The molecule has 1 rings (SSSR count). The van der Waals surface area contributed by atoms with Gasteiger partial charge in [0.15, 0.2) is 0 Å². The number of nitrogens with zero attached hydrogens (tertiary/aromatic N) is 1. The molecule has 0 unspecified atom stereocenters. The third-order valence-electron chi connectivity index (χ3n) is 2.76. The average molecular weight is 260 g/mol. The lowest BCUT2D eigenvalue weighted by Crippen LogP contribution is -2.33. The number of hydrogen-bond acceptors (Lipinski definition) is 3. The standard InChI is InChI=1S/C11H17FN2O2S/c1-7(2)14(4)17(15,16)9-5-10(12)8(3)11(13)6-9/h5-7H,13H2,1-4H3. The Morgan fingerprint density at radius 3 is 2.29 bits per heavy atom. The second-order valence-corrected chi connectivity index (χ2v) is 6.23. The third-order valence-corrected chi connectivity index (χ3v) is 4.77. The topological polar surface area (TPSA) is 63.4 Å². The summed E-state index contributed by atoms with van der Waals surface area (Å²) in [5, 5.41) is 0. The average Bonchev–Trinajstić information content (AvgIpc) is 2.23. The van der Waals surface area contributed by atoms with Crippen LogP contribution in [0, 0.1) is 12.7 Å². The highest BCUT2D eigenvalue weighted by molar-refractivity contribution is 7.89. The second kappa shape index (κ2) is 4.62. The molecule has 0 aliphatic carbocycles. The van der Waals surface area contributed by atoms with E-state index < -0.39 is 15.8 Å². The van der Waals surface area contributed by atoms with E-state index in [0.717, 1.165) is 6.07 Å². The zero-order chi connectivity index (χ0) is 13.4. The molecule has 4 nitrogen and oxygen atoms in total. The van der Waals surface area contributed by atoms with Crippen LogP contribution in [0.1, 0.15) is 19.4 Å². The molecule has 0 spiro atoms. The molecule has 17 heavy (non-hydrogen) atoms. The van der Waals surface area contributed by atoms with Crippen LogP contribution in [0.4, 0.5) is 10.1 Å². The maximum absolute atomic E-state index is 13.5. The van der Waals surface area contributed by atoms with E-state index in [1.165, 1.54) is 24.3 Å². The summed E-state index contributed by atoms with van der Waals surface area (Å²) in [5.41, 5.74) is 5.97. The second-order valence-electron chi connectivity index (χ2n) is 4.23.